The van der Waals surface area contributed by atoms with Crippen LogP contribution in [-0.2, 0) is 0 Å². The highest BCUT2D eigenvalue weighted by Gasteiger charge is 2.37. The maximum Gasteiger partial charge on any atom is 0.257 e. The van der Waals surface area contributed by atoms with Gasteiger partial charge >= 0.3 is 0 Å². The van der Waals surface area contributed by atoms with Gasteiger partial charge in [-0.15, -0.1) is 0 Å². The molecule has 1 aromatic rings. The minimum absolute atomic E-state index is 0.0352. The molecule has 1 amide bonds. The molecule has 2 atom stereocenters. The van der Waals surface area contributed by atoms with Gasteiger partial charge in [0.25, 0.3) is 5.91 Å². The lowest BCUT2D eigenvalue weighted by Crippen LogP contribution is -2.50. The predicted molar refractivity (Wildman–Crippen MR) is 79.4 cm³/mol. The van der Waals surface area contributed by atoms with Crippen LogP contribution in [0.3, 0.4) is 0 Å². The Balaban J connectivity index is 1.80. The number of fused-ring (bicyclic) bond motifs is 2. The van der Waals surface area contributed by atoms with E-state index in [1.807, 2.05) is 11.8 Å². The van der Waals surface area contributed by atoms with Gasteiger partial charge in [-0.25, -0.2) is 0 Å². The third-order valence-corrected chi connectivity index (χ3v) is 4.70. The Labute approximate surface area is 124 Å². The van der Waals surface area contributed by atoms with Crippen LogP contribution in [0.4, 0.5) is 0 Å². The predicted octanol–water partition coefficient (Wildman–Crippen LogP) is 1.84. The van der Waals surface area contributed by atoms with E-state index < -0.39 is 0 Å². The number of benzene rings is 1. The third-order valence-electron chi connectivity index (χ3n) is 4.70. The molecule has 2 aliphatic heterocycles. The normalized spacial score (nSPS) is 27.6. The van der Waals surface area contributed by atoms with Gasteiger partial charge in [0.1, 0.15) is 11.5 Å². The molecule has 5 nitrogen and oxygen atoms in total. The number of aromatic hydroxyl groups is 2. The number of nitrogens with one attached hydrogen (secondary N) is 1. The van der Waals surface area contributed by atoms with E-state index >= 15 is 0 Å². The fourth-order valence-electron chi connectivity index (χ4n) is 3.70. The summed E-state index contributed by atoms with van der Waals surface area (Å²) in [6.45, 7) is 2.60. The number of rotatable bonds is 3. The average molecular weight is 290 g/mol. The van der Waals surface area contributed by atoms with Crippen molar-refractivity contribution in [1.82, 2.24) is 10.2 Å². The number of phenols is 2. The summed E-state index contributed by atoms with van der Waals surface area (Å²) in [7, 11) is 0. The number of piperidine rings is 1. The SMILES string of the molecule is CCN(C(=O)c1ccc(O)cc1O)C1CC2CCC(C1)N2. The number of hydrogen-bond donors (Lipinski definition) is 3. The van der Waals surface area contributed by atoms with E-state index in [4.69, 9.17) is 0 Å². The lowest BCUT2D eigenvalue weighted by atomic mass is 9.97. The molecule has 1 aromatic carbocycles. The first-order chi connectivity index (χ1) is 10.1. The molecule has 5 heteroatoms. The van der Waals surface area contributed by atoms with Gasteiger partial charge < -0.3 is 20.4 Å². The number of phenolic OH excluding ortho intramolecular Hbond substituents is 2. The molecular weight excluding hydrogens is 268 g/mol. The second kappa shape index (κ2) is 5.56. The first-order valence-electron chi connectivity index (χ1n) is 7.67. The molecule has 0 aliphatic carbocycles. The Bertz CT molecular complexity index is 534. The van der Waals surface area contributed by atoms with E-state index in [1.54, 1.807) is 0 Å². The van der Waals surface area contributed by atoms with E-state index in [-0.39, 0.29) is 29.0 Å². The standard InChI is InChI=1S/C16H22N2O3/c1-2-18(12-7-10-3-4-11(8-12)17-10)16(21)14-6-5-13(19)9-15(14)20/h5-6,9-12,17,19-20H,2-4,7-8H2,1H3. The Hall–Kier alpha value is -1.75. The maximum absolute atomic E-state index is 12.7. The van der Waals surface area contributed by atoms with E-state index in [2.05, 4.69) is 5.32 Å². The van der Waals surface area contributed by atoms with E-state index in [0.717, 1.165) is 12.8 Å². The molecule has 0 saturated carbocycles. The van der Waals surface area contributed by atoms with Crippen LogP contribution in [0.2, 0.25) is 0 Å². The topological polar surface area (TPSA) is 72.8 Å². The van der Waals surface area contributed by atoms with Gasteiger partial charge in [-0.05, 0) is 44.7 Å². The molecule has 0 aromatic heterocycles. The molecule has 0 spiro atoms. The molecule has 2 fully saturated rings. The number of carbonyl (C=O) groups excluding carboxylic acids is 1. The first kappa shape index (κ1) is 14.2. The monoisotopic (exact) mass is 290 g/mol. The van der Waals surface area contributed by atoms with Gasteiger partial charge in [0.2, 0.25) is 0 Å². The summed E-state index contributed by atoms with van der Waals surface area (Å²) >= 11 is 0. The second-order valence-electron chi connectivity index (χ2n) is 6.06. The van der Waals surface area contributed by atoms with Crippen molar-refractivity contribution in [2.45, 2.75) is 50.7 Å². The van der Waals surface area contributed by atoms with Gasteiger partial charge in [0.05, 0.1) is 5.56 Å². The molecule has 2 bridgehead atoms. The minimum atomic E-state index is -0.157. The summed E-state index contributed by atoms with van der Waals surface area (Å²) in [5.41, 5.74) is 0.264. The van der Waals surface area contributed by atoms with Crippen molar-refractivity contribution in [2.24, 2.45) is 0 Å². The highest BCUT2D eigenvalue weighted by atomic mass is 16.3. The number of nitrogens with zero attached hydrogens (tertiary/aromatic N) is 1. The molecule has 21 heavy (non-hydrogen) atoms. The molecule has 2 saturated heterocycles. The Morgan fingerprint density at radius 3 is 2.52 bits per heavy atom. The van der Waals surface area contributed by atoms with Crippen molar-refractivity contribution in [3.05, 3.63) is 23.8 Å². The summed E-state index contributed by atoms with van der Waals surface area (Å²) in [6, 6.07) is 5.41. The minimum Gasteiger partial charge on any atom is -0.508 e. The van der Waals surface area contributed by atoms with Crippen molar-refractivity contribution in [2.75, 3.05) is 6.54 Å². The molecule has 0 radical (unpaired) electrons. The second-order valence-corrected chi connectivity index (χ2v) is 6.06. The Kier molecular flexibility index (Phi) is 3.76. The van der Waals surface area contributed by atoms with Crippen molar-refractivity contribution < 1.29 is 15.0 Å². The highest BCUT2D eigenvalue weighted by Crippen LogP contribution is 2.31. The van der Waals surface area contributed by atoms with Crippen LogP contribution in [0.5, 0.6) is 11.5 Å². The van der Waals surface area contributed by atoms with Crippen LogP contribution >= 0.6 is 0 Å². The molecule has 2 aliphatic rings. The van der Waals surface area contributed by atoms with Crippen LogP contribution in [0.1, 0.15) is 43.0 Å². The van der Waals surface area contributed by atoms with Crippen LogP contribution in [-0.4, -0.2) is 45.7 Å². The quantitative estimate of drug-likeness (QED) is 0.794. The molecule has 2 unspecified atom stereocenters. The Morgan fingerprint density at radius 2 is 1.95 bits per heavy atom. The van der Waals surface area contributed by atoms with Gasteiger partial charge in [-0.3, -0.25) is 4.79 Å². The van der Waals surface area contributed by atoms with Crippen LogP contribution in [0.25, 0.3) is 0 Å². The summed E-state index contributed by atoms with van der Waals surface area (Å²) in [6.07, 6.45) is 4.35. The lowest BCUT2D eigenvalue weighted by molar-refractivity contribution is 0.0628. The smallest absolute Gasteiger partial charge is 0.257 e. The molecule has 3 N–H and O–H groups in total. The summed E-state index contributed by atoms with van der Waals surface area (Å²) < 4.78 is 0. The van der Waals surface area contributed by atoms with Gasteiger partial charge in [0.15, 0.2) is 0 Å². The van der Waals surface area contributed by atoms with Crippen molar-refractivity contribution >= 4 is 5.91 Å². The van der Waals surface area contributed by atoms with Gasteiger partial charge in [-0.1, -0.05) is 0 Å². The van der Waals surface area contributed by atoms with Crippen LogP contribution in [0, 0.1) is 0 Å². The molecule has 114 valence electrons. The molecule has 2 heterocycles. The van der Waals surface area contributed by atoms with Gasteiger partial charge in [-0.2, -0.15) is 0 Å². The fourth-order valence-corrected chi connectivity index (χ4v) is 3.70. The highest BCUT2D eigenvalue weighted by molar-refractivity contribution is 5.97. The zero-order chi connectivity index (χ0) is 15.0. The summed E-state index contributed by atoms with van der Waals surface area (Å²) in [5.74, 6) is -0.344. The van der Waals surface area contributed by atoms with Crippen molar-refractivity contribution in [3.8, 4) is 11.5 Å². The number of carbonyl (C=O) groups is 1. The summed E-state index contributed by atoms with van der Waals surface area (Å²) in [4.78, 5) is 14.6. The summed E-state index contributed by atoms with van der Waals surface area (Å²) in [5, 5.41) is 22.8. The zero-order valence-corrected chi connectivity index (χ0v) is 12.2. The zero-order valence-electron chi connectivity index (χ0n) is 12.2. The molecular formula is C16H22N2O3. The Morgan fingerprint density at radius 1 is 1.29 bits per heavy atom. The van der Waals surface area contributed by atoms with Gasteiger partial charge in [0, 0.05) is 30.7 Å². The maximum atomic E-state index is 12.7. The molecule has 3 rings (SSSR count). The fraction of sp³-hybridized carbons (Fsp3) is 0.562. The van der Waals surface area contributed by atoms with Crippen molar-refractivity contribution in [1.29, 1.82) is 0 Å². The van der Waals surface area contributed by atoms with E-state index in [0.29, 0.717) is 18.6 Å². The lowest BCUT2D eigenvalue weighted by Gasteiger charge is -2.37. The van der Waals surface area contributed by atoms with Crippen LogP contribution < -0.4 is 5.32 Å². The number of hydrogen-bond acceptors (Lipinski definition) is 4. The van der Waals surface area contributed by atoms with E-state index in [1.165, 1.54) is 31.0 Å². The first-order valence-corrected chi connectivity index (χ1v) is 7.67. The number of amides is 1. The van der Waals surface area contributed by atoms with Crippen molar-refractivity contribution in [3.63, 3.8) is 0 Å². The van der Waals surface area contributed by atoms with E-state index in [9.17, 15) is 15.0 Å². The largest absolute Gasteiger partial charge is 0.508 e. The van der Waals surface area contributed by atoms with Crippen LogP contribution in [0.15, 0.2) is 18.2 Å². The third kappa shape index (κ3) is 2.70. The average Bonchev–Trinajstić information content (AvgIpc) is 2.78.